The third-order valence-corrected chi connectivity index (χ3v) is 2.50. The zero-order valence-electron chi connectivity index (χ0n) is 8.03. The van der Waals surface area contributed by atoms with Gasteiger partial charge in [-0.3, -0.25) is 0 Å². The molecule has 2 heterocycles. The third kappa shape index (κ3) is 1.86. The molecule has 0 aromatic heterocycles. The van der Waals surface area contributed by atoms with Crippen molar-refractivity contribution in [1.82, 2.24) is 0 Å². The topological polar surface area (TPSA) is 47.9 Å². The molecule has 4 heteroatoms. The van der Waals surface area contributed by atoms with Crippen LogP contribution in [0.3, 0.4) is 0 Å². The summed E-state index contributed by atoms with van der Waals surface area (Å²) >= 11 is 0. The Labute approximate surface area is 77.8 Å². The van der Waals surface area contributed by atoms with Gasteiger partial charge >= 0.3 is 0 Å². The first-order valence-corrected chi connectivity index (χ1v) is 4.70. The molecule has 0 aromatic carbocycles. The van der Waals surface area contributed by atoms with Gasteiger partial charge in [0.05, 0.1) is 12.7 Å². The summed E-state index contributed by atoms with van der Waals surface area (Å²) in [6.45, 7) is 4.86. The Kier molecular flexibility index (Phi) is 2.32. The minimum Gasteiger partial charge on any atom is -0.390 e. The first-order valence-electron chi connectivity index (χ1n) is 4.70. The molecule has 1 N–H and O–H groups in total. The molecule has 2 unspecified atom stereocenters. The van der Waals surface area contributed by atoms with E-state index < -0.39 is 11.9 Å². The number of hydrogen-bond donors (Lipinski definition) is 1. The number of hydrogen-bond acceptors (Lipinski definition) is 4. The molecule has 0 radical (unpaired) electrons. The van der Waals surface area contributed by atoms with E-state index in [9.17, 15) is 5.11 Å². The first-order chi connectivity index (χ1) is 6.08. The van der Waals surface area contributed by atoms with Gasteiger partial charge in [-0.05, 0) is 20.3 Å². The van der Waals surface area contributed by atoms with Crippen LogP contribution in [0, 0.1) is 0 Å². The summed E-state index contributed by atoms with van der Waals surface area (Å²) in [5.41, 5.74) is 0. The van der Waals surface area contributed by atoms with Crippen LogP contribution in [-0.2, 0) is 14.2 Å². The Balaban J connectivity index is 1.95. The Morgan fingerprint density at radius 1 is 1.38 bits per heavy atom. The van der Waals surface area contributed by atoms with Gasteiger partial charge in [-0.2, -0.15) is 0 Å². The van der Waals surface area contributed by atoms with E-state index in [1.54, 1.807) is 0 Å². The lowest BCUT2D eigenvalue weighted by molar-refractivity contribution is -0.157. The molecule has 13 heavy (non-hydrogen) atoms. The van der Waals surface area contributed by atoms with Crippen LogP contribution in [0.15, 0.2) is 0 Å². The summed E-state index contributed by atoms with van der Waals surface area (Å²) in [5, 5.41) is 9.56. The van der Waals surface area contributed by atoms with Crippen LogP contribution in [0.25, 0.3) is 0 Å². The molecule has 0 aromatic rings. The fourth-order valence-electron chi connectivity index (χ4n) is 1.83. The van der Waals surface area contributed by atoms with Gasteiger partial charge in [0.25, 0.3) is 0 Å². The predicted octanol–water partition coefficient (Wildman–Crippen LogP) is 0.288. The SMILES string of the molecule is CC1(C)OC[C@H](C2OCCC2O)O1. The molecule has 0 amide bonds. The molecule has 2 aliphatic heterocycles. The number of rotatable bonds is 1. The summed E-state index contributed by atoms with van der Waals surface area (Å²) in [5.74, 6) is -0.531. The monoisotopic (exact) mass is 188 g/mol. The molecule has 0 spiro atoms. The van der Waals surface area contributed by atoms with E-state index in [4.69, 9.17) is 14.2 Å². The molecular weight excluding hydrogens is 172 g/mol. The van der Waals surface area contributed by atoms with Crippen molar-refractivity contribution in [3.8, 4) is 0 Å². The minimum atomic E-state index is -0.531. The molecule has 2 saturated heterocycles. The molecule has 0 bridgehead atoms. The smallest absolute Gasteiger partial charge is 0.163 e. The summed E-state index contributed by atoms with van der Waals surface area (Å²) < 4.78 is 16.4. The fraction of sp³-hybridized carbons (Fsp3) is 1.00. The Morgan fingerprint density at radius 2 is 2.15 bits per heavy atom. The normalized spacial score (nSPS) is 44.1. The van der Waals surface area contributed by atoms with Crippen molar-refractivity contribution in [3.05, 3.63) is 0 Å². The van der Waals surface area contributed by atoms with Crippen molar-refractivity contribution in [2.24, 2.45) is 0 Å². The van der Waals surface area contributed by atoms with Gasteiger partial charge in [-0.1, -0.05) is 0 Å². The second-order valence-electron chi connectivity index (χ2n) is 4.06. The molecule has 3 atom stereocenters. The highest BCUT2D eigenvalue weighted by molar-refractivity contribution is 4.86. The van der Waals surface area contributed by atoms with Gasteiger partial charge in [0.15, 0.2) is 5.79 Å². The average molecular weight is 188 g/mol. The van der Waals surface area contributed by atoms with Crippen LogP contribution in [0.4, 0.5) is 0 Å². The van der Waals surface area contributed by atoms with Crippen molar-refractivity contribution in [2.45, 2.75) is 44.4 Å². The van der Waals surface area contributed by atoms with E-state index in [2.05, 4.69) is 0 Å². The van der Waals surface area contributed by atoms with Crippen LogP contribution in [0.2, 0.25) is 0 Å². The molecular formula is C9H16O4. The Hall–Kier alpha value is -0.160. The molecule has 2 rings (SSSR count). The van der Waals surface area contributed by atoms with Gasteiger partial charge in [0.1, 0.15) is 12.2 Å². The van der Waals surface area contributed by atoms with E-state index in [1.165, 1.54) is 0 Å². The number of aliphatic hydroxyl groups excluding tert-OH is 1. The Bertz CT molecular complexity index is 192. The lowest BCUT2D eigenvalue weighted by Gasteiger charge is -2.22. The highest BCUT2D eigenvalue weighted by Crippen LogP contribution is 2.29. The number of aliphatic hydroxyl groups is 1. The average Bonchev–Trinajstić information content (AvgIpc) is 2.56. The van der Waals surface area contributed by atoms with Crippen molar-refractivity contribution < 1.29 is 19.3 Å². The highest BCUT2D eigenvalue weighted by atomic mass is 16.7. The number of ether oxygens (including phenoxy) is 3. The maximum atomic E-state index is 9.56. The fourth-order valence-corrected chi connectivity index (χ4v) is 1.83. The quantitative estimate of drug-likeness (QED) is 0.642. The second-order valence-corrected chi connectivity index (χ2v) is 4.06. The summed E-state index contributed by atoms with van der Waals surface area (Å²) in [7, 11) is 0. The van der Waals surface area contributed by atoms with Gasteiger partial charge in [0.2, 0.25) is 0 Å². The molecule has 76 valence electrons. The maximum Gasteiger partial charge on any atom is 0.163 e. The molecule has 2 fully saturated rings. The lowest BCUT2D eigenvalue weighted by Crippen LogP contribution is -2.37. The maximum absolute atomic E-state index is 9.56. The second kappa shape index (κ2) is 3.20. The highest BCUT2D eigenvalue weighted by Gasteiger charge is 2.42. The van der Waals surface area contributed by atoms with Crippen LogP contribution in [0.1, 0.15) is 20.3 Å². The van der Waals surface area contributed by atoms with Crippen molar-refractivity contribution in [3.63, 3.8) is 0 Å². The van der Waals surface area contributed by atoms with Crippen LogP contribution >= 0.6 is 0 Å². The van der Waals surface area contributed by atoms with Crippen molar-refractivity contribution in [2.75, 3.05) is 13.2 Å². The van der Waals surface area contributed by atoms with Crippen LogP contribution in [-0.4, -0.2) is 42.4 Å². The van der Waals surface area contributed by atoms with E-state index in [0.717, 1.165) is 0 Å². The molecule has 4 nitrogen and oxygen atoms in total. The molecule has 2 aliphatic rings. The van der Waals surface area contributed by atoms with Gasteiger partial charge < -0.3 is 19.3 Å². The Morgan fingerprint density at radius 3 is 2.62 bits per heavy atom. The van der Waals surface area contributed by atoms with Gasteiger partial charge in [-0.25, -0.2) is 0 Å². The zero-order chi connectivity index (χ0) is 9.47. The summed E-state index contributed by atoms with van der Waals surface area (Å²) in [4.78, 5) is 0. The van der Waals surface area contributed by atoms with E-state index in [-0.39, 0.29) is 12.2 Å². The van der Waals surface area contributed by atoms with Crippen molar-refractivity contribution in [1.29, 1.82) is 0 Å². The van der Waals surface area contributed by atoms with Crippen molar-refractivity contribution >= 4 is 0 Å². The van der Waals surface area contributed by atoms with Gasteiger partial charge in [-0.15, -0.1) is 0 Å². The molecule has 0 aliphatic carbocycles. The van der Waals surface area contributed by atoms with E-state index >= 15 is 0 Å². The standard InChI is InChI=1S/C9H16O4/c1-9(2)12-5-7(13-9)8-6(10)3-4-11-8/h6-8,10H,3-5H2,1-2H3/t6?,7-,8?/m1/s1. The zero-order valence-corrected chi connectivity index (χ0v) is 8.03. The van der Waals surface area contributed by atoms with Gasteiger partial charge in [0, 0.05) is 6.61 Å². The predicted molar refractivity (Wildman–Crippen MR) is 45.3 cm³/mol. The first kappa shape index (κ1) is 9.40. The molecule has 0 saturated carbocycles. The van der Waals surface area contributed by atoms with Crippen LogP contribution in [0.5, 0.6) is 0 Å². The summed E-state index contributed by atoms with van der Waals surface area (Å²) in [6, 6.07) is 0. The third-order valence-electron chi connectivity index (χ3n) is 2.50. The van der Waals surface area contributed by atoms with E-state index in [1.807, 2.05) is 13.8 Å². The lowest BCUT2D eigenvalue weighted by atomic mass is 10.1. The van der Waals surface area contributed by atoms with Crippen LogP contribution < -0.4 is 0 Å². The largest absolute Gasteiger partial charge is 0.390 e. The van der Waals surface area contributed by atoms with E-state index in [0.29, 0.717) is 19.6 Å². The minimum absolute atomic E-state index is 0.118. The summed E-state index contributed by atoms with van der Waals surface area (Å²) in [6.07, 6.45) is -0.0258.